The highest BCUT2D eigenvalue weighted by Gasteiger charge is 2.09. The van der Waals surface area contributed by atoms with Crippen molar-refractivity contribution in [2.45, 2.75) is 11.8 Å². The molecule has 98 valence electrons. The van der Waals surface area contributed by atoms with Crippen molar-refractivity contribution in [1.82, 2.24) is 0 Å². The van der Waals surface area contributed by atoms with Crippen LogP contribution < -0.4 is 4.74 Å². The van der Waals surface area contributed by atoms with E-state index in [1.807, 2.05) is 0 Å². The molecule has 1 unspecified atom stereocenters. The van der Waals surface area contributed by atoms with Gasteiger partial charge >= 0.3 is 11.9 Å². The van der Waals surface area contributed by atoms with Gasteiger partial charge in [-0.1, -0.05) is 15.9 Å². The van der Waals surface area contributed by atoms with Crippen LogP contribution in [-0.4, -0.2) is 35.1 Å². The van der Waals surface area contributed by atoms with Crippen molar-refractivity contribution in [3.05, 3.63) is 29.8 Å². The van der Waals surface area contributed by atoms with Crippen molar-refractivity contribution in [3.63, 3.8) is 0 Å². The summed E-state index contributed by atoms with van der Waals surface area (Å²) in [6.45, 7) is 2.04. The van der Waals surface area contributed by atoms with Gasteiger partial charge in [0, 0.05) is 0 Å². The van der Waals surface area contributed by atoms with Gasteiger partial charge < -0.3 is 14.6 Å². The Kier molecular flexibility index (Phi) is 5.64. The Balaban J connectivity index is 2.31. The molecule has 0 saturated carbocycles. The molecule has 1 aromatic carbocycles. The molecule has 1 aromatic rings. The summed E-state index contributed by atoms with van der Waals surface area (Å²) in [6, 6.07) is 6.01. The fourth-order valence-corrected chi connectivity index (χ4v) is 1.24. The van der Waals surface area contributed by atoms with Crippen molar-refractivity contribution in [2.75, 3.05) is 13.2 Å². The fourth-order valence-electron chi connectivity index (χ4n) is 1.11. The molecule has 0 aliphatic heterocycles. The number of alkyl halides is 1. The summed E-state index contributed by atoms with van der Waals surface area (Å²) in [6.07, 6.45) is 0. The van der Waals surface area contributed by atoms with Gasteiger partial charge in [-0.05, 0) is 31.2 Å². The molecule has 0 amide bonds. The molecule has 0 aromatic heterocycles. The van der Waals surface area contributed by atoms with E-state index in [-0.39, 0.29) is 29.6 Å². The minimum absolute atomic E-state index is 0.148. The standard InChI is InChI=1S/C12H13BrO5/c1-8(13)12(16)18-7-6-17-10-4-2-9(3-5-10)11(14)15/h2-5,8H,6-7H2,1H3,(H,14,15). The van der Waals surface area contributed by atoms with E-state index < -0.39 is 5.97 Å². The predicted octanol–water partition coefficient (Wildman–Crippen LogP) is 2.09. The number of rotatable bonds is 6. The van der Waals surface area contributed by atoms with Crippen molar-refractivity contribution in [2.24, 2.45) is 0 Å². The van der Waals surface area contributed by atoms with Crippen molar-refractivity contribution in [1.29, 1.82) is 0 Å². The zero-order valence-corrected chi connectivity index (χ0v) is 11.3. The third-order valence-corrected chi connectivity index (χ3v) is 2.40. The minimum atomic E-state index is -0.984. The summed E-state index contributed by atoms with van der Waals surface area (Å²) in [5.41, 5.74) is 0.196. The largest absolute Gasteiger partial charge is 0.490 e. The van der Waals surface area contributed by atoms with E-state index in [2.05, 4.69) is 15.9 Å². The van der Waals surface area contributed by atoms with Gasteiger partial charge in [0.25, 0.3) is 0 Å². The number of aromatic carboxylic acids is 1. The first-order chi connectivity index (χ1) is 8.50. The predicted molar refractivity (Wildman–Crippen MR) is 68.2 cm³/mol. The highest BCUT2D eigenvalue weighted by Crippen LogP contribution is 2.12. The average Bonchev–Trinajstić information content (AvgIpc) is 2.34. The minimum Gasteiger partial charge on any atom is -0.490 e. The number of carboxylic acid groups (broad SMARTS) is 1. The van der Waals surface area contributed by atoms with E-state index in [9.17, 15) is 9.59 Å². The molecule has 0 aliphatic carbocycles. The normalized spacial score (nSPS) is 11.7. The lowest BCUT2D eigenvalue weighted by Gasteiger charge is -2.08. The van der Waals surface area contributed by atoms with E-state index in [1.165, 1.54) is 12.1 Å². The molecule has 6 heteroatoms. The Labute approximate surface area is 113 Å². The Bertz CT molecular complexity index is 413. The molecule has 0 radical (unpaired) electrons. The monoisotopic (exact) mass is 316 g/mol. The molecule has 0 heterocycles. The zero-order valence-electron chi connectivity index (χ0n) is 9.76. The van der Waals surface area contributed by atoms with Crippen LogP contribution in [0, 0.1) is 0 Å². The van der Waals surface area contributed by atoms with Gasteiger partial charge in [0.05, 0.1) is 5.56 Å². The van der Waals surface area contributed by atoms with Crippen LogP contribution in [-0.2, 0) is 9.53 Å². The quantitative estimate of drug-likeness (QED) is 0.494. The number of hydrogen-bond acceptors (Lipinski definition) is 4. The van der Waals surface area contributed by atoms with E-state index in [1.54, 1.807) is 19.1 Å². The Hall–Kier alpha value is -1.56. The maximum atomic E-state index is 11.1. The van der Waals surface area contributed by atoms with Crippen molar-refractivity contribution >= 4 is 27.9 Å². The number of halogens is 1. The van der Waals surface area contributed by atoms with Crippen molar-refractivity contribution < 1.29 is 24.2 Å². The van der Waals surface area contributed by atoms with Crippen LogP contribution in [0.3, 0.4) is 0 Å². The summed E-state index contributed by atoms with van der Waals surface area (Å²) in [5, 5.41) is 8.70. The molecule has 5 nitrogen and oxygen atoms in total. The van der Waals surface area contributed by atoms with E-state index >= 15 is 0 Å². The first-order valence-corrected chi connectivity index (χ1v) is 6.19. The topological polar surface area (TPSA) is 72.8 Å². The first-order valence-electron chi connectivity index (χ1n) is 5.27. The summed E-state index contributed by atoms with van der Waals surface area (Å²) in [5.74, 6) is -0.801. The van der Waals surface area contributed by atoms with Gasteiger partial charge in [-0.2, -0.15) is 0 Å². The van der Waals surface area contributed by atoms with E-state index in [4.69, 9.17) is 14.6 Å². The lowest BCUT2D eigenvalue weighted by atomic mass is 10.2. The van der Waals surface area contributed by atoms with Gasteiger partial charge in [0.1, 0.15) is 23.8 Å². The van der Waals surface area contributed by atoms with Gasteiger partial charge in [-0.25, -0.2) is 4.79 Å². The number of carbonyl (C=O) groups is 2. The van der Waals surface area contributed by atoms with Crippen LogP contribution in [0.2, 0.25) is 0 Å². The molecule has 0 fully saturated rings. The third-order valence-electron chi connectivity index (χ3n) is 2.02. The second-order valence-corrected chi connectivity index (χ2v) is 4.84. The number of ether oxygens (including phenoxy) is 2. The average molecular weight is 317 g/mol. The highest BCUT2D eigenvalue weighted by atomic mass is 79.9. The second kappa shape index (κ2) is 7.00. The lowest BCUT2D eigenvalue weighted by Crippen LogP contribution is -2.17. The Morgan fingerprint density at radius 1 is 1.28 bits per heavy atom. The van der Waals surface area contributed by atoms with Crippen LogP contribution in [0.5, 0.6) is 5.75 Å². The maximum Gasteiger partial charge on any atom is 0.335 e. The second-order valence-electron chi connectivity index (χ2n) is 3.46. The van der Waals surface area contributed by atoms with E-state index in [0.29, 0.717) is 5.75 Å². The molecular weight excluding hydrogens is 304 g/mol. The van der Waals surface area contributed by atoms with E-state index in [0.717, 1.165) is 0 Å². The molecule has 1 atom stereocenters. The smallest absolute Gasteiger partial charge is 0.335 e. The number of benzene rings is 1. The first kappa shape index (κ1) is 14.5. The highest BCUT2D eigenvalue weighted by molar-refractivity contribution is 9.10. The van der Waals surface area contributed by atoms with Crippen LogP contribution in [0.25, 0.3) is 0 Å². The van der Waals surface area contributed by atoms with Gasteiger partial charge in [-0.15, -0.1) is 0 Å². The van der Waals surface area contributed by atoms with Crippen LogP contribution >= 0.6 is 15.9 Å². The van der Waals surface area contributed by atoms with Crippen molar-refractivity contribution in [3.8, 4) is 5.75 Å². The molecule has 0 spiro atoms. The zero-order chi connectivity index (χ0) is 13.5. The van der Waals surface area contributed by atoms with Gasteiger partial charge in [0.2, 0.25) is 0 Å². The molecule has 0 aliphatic rings. The number of carbonyl (C=O) groups excluding carboxylic acids is 1. The molecule has 0 saturated heterocycles. The Morgan fingerprint density at radius 3 is 2.39 bits per heavy atom. The number of hydrogen-bond donors (Lipinski definition) is 1. The lowest BCUT2D eigenvalue weighted by molar-refractivity contribution is -0.143. The summed E-state index contributed by atoms with van der Waals surface area (Å²) in [4.78, 5) is 21.4. The maximum absolute atomic E-state index is 11.1. The van der Waals surface area contributed by atoms with Crippen LogP contribution in [0.1, 0.15) is 17.3 Å². The molecule has 1 rings (SSSR count). The number of esters is 1. The fraction of sp³-hybridized carbons (Fsp3) is 0.333. The van der Waals surface area contributed by atoms with Crippen LogP contribution in [0.15, 0.2) is 24.3 Å². The summed E-state index contributed by atoms with van der Waals surface area (Å²) in [7, 11) is 0. The SMILES string of the molecule is CC(Br)C(=O)OCCOc1ccc(C(=O)O)cc1. The Morgan fingerprint density at radius 2 is 1.89 bits per heavy atom. The molecule has 1 N–H and O–H groups in total. The van der Waals surface area contributed by atoms with Gasteiger partial charge in [0.15, 0.2) is 0 Å². The summed E-state index contributed by atoms with van der Waals surface area (Å²) < 4.78 is 10.2. The number of carboxylic acids is 1. The van der Waals surface area contributed by atoms with Gasteiger partial charge in [-0.3, -0.25) is 4.79 Å². The summed E-state index contributed by atoms with van der Waals surface area (Å²) >= 11 is 3.09. The molecular formula is C12H13BrO5. The molecule has 0 bridgehead atoms. The van der Waals surface area contributed by atoms with Crippen LogP contribution in [0.4, 0.5) is 0 Å². The molecule has 18 heavy (non-hydrogen) atoms. The third kappa shape index (κ3) is 4.75.